The Morgan fingerprint density at radius 3 is 2.84 bits per heavy atom. The molecule has 0 bridgehead atoms. The van der Waals surface area contributed by atoms with E-state index in [0.29, 0.717) is 11.3 Å². The summed E-state index contributed by atoms with van der Waals surface area (Å²) in [5.41, 5.74) is -0.179. The van der Waals surface area contributed by atoms with E-state index in [-0.39, 0.29) is 18.0 Å². The van der Waals surface area contributed by atoms with E-state index in [2.05, 4.69) is 15.7 Å². The van der Waals surface area contributed by atoms with Crippen molar-refractivity contribution >= 4 is 5.91 Å². The van der Waals surface area contributed by atoms with E-state index in [1.54, 1.807) is 18.2 Å². The van der Waals surface area contributed by atoms with Gasteiger partial charge in [-0.2, -0.15) is 18.3 Å². The number of nitrogens with one attached hydrogen (secondary N) is 2. The van der Waals surface area contributed by atoms with Gasteiger partial charge in [0.1, 0.15) is 0 Å². The summed E-state index contributed by atoms with van der Waals surface area (Å²) in [6.07, 6.45) is -1.38. The van der Waals surface area contributed by atoms with Crippen molar-refractivity contribution in [3.8, 4) is 5.69 Å². The molecular formula is C17H19F3N4O. The van der Waals surface area contributed by atoms with E-state index in [1.807, 2.05) is 6.92 Å². The van der Waals surface area contributed by atoms with Crippen molar-refractivity contribution in [3.05, 3.63) is 47.8 Å². The molecule has 0 radical (unpaired) electrons. The standard InChI is InChI=1S/C17H19F3N4O/c1-11-14(6-3-8-21-11)22-16(25)12-4-2-5-13(10-12)24-9-7-15(23-24)17(18,19)20/h2,4-5,7,9-11,14,21H,3,6,8H2,1H3,(H,22,25). The first-order valence-corrected chi connectivity index (χ1v) is 8.12. The number of amides is 1. The molecule has 1 aliphatic heterocycles. The van der Waals surface area contributed by atoms with Crippen molar-refractivity contribution in [2.45, 2.75) is 38.0 Å². The molecule has 1 amide bonds. The van der Waals surface area contributed by atoms with Crippen LogP contribution in [0.25, 0.3) is 5.69 Å². The Morgan fingerprint density at radius 2 is 2.16 bits per heavy atom. The number of carbonyl (C=O) groups excluding carboxylic acids is 1. The topological polar surface area (TPSA) is 58.9 Å². The SMILES string of the molecule is CC1NCCCC1NC(=O)c1cccc(-n2ccc(C(F)(F)F)n2)c1. The maximum Gasteiger partial charge on any atom is 0.435 e. The number of piperidine rings is 1. The van der Waals surface area contributed by atoms with Crippen LogP contribution in [0.5, 0.6) is 0 Å². The summed E-state index contributed by atoms with van der Waals surface area (Å²) < 4.78 is 39.1. The van der Waals surface area contributed by atoms with Crippen molar-refractivity contribution in [3.63, 3.8) is 0 Å². The third-order valence-electron chi connectivity index (χ3n) is 4.33. The van der Waals surface area contributed by atoms with Crippen LogP contribution in [0, 0.1) is 0 Å². The van der Waals surface area contributed by atoms with Gasteiger partial charge in [0, 0.05) is 23.8 Å². The largest absolute Gasteiger partial charge is 0.435 e. The van der Waals surface area contributed by atoms with Crippen LogP contribution in [0.1, 0.15) is 35.8 Å². The molecule has 2 unspecified atom stereocenters. The average Bonchev–Trinajstić information content (AvgIpc) is 3.07. The van der Waals surface area contributed by atoms with Gasteiger partial charge in [0.15, 0.2) is 5.69 Å². The van der Waals surface area contributed by atoms with Crippen LogP contribution < -0.4 is 10.6 Å². The number of aromatic nitrogens is 2. The van der Waals surface area contributed by atoms with E-state index in [9.17, 15) is 18.0 Å². The molecule has 134 valence electrons. The molecule has 2 heterocycles. The monoisotopic (exact) mass is 352 g/mol. The maximum atomic E-state index is 12.7. The minimum Gasteiger partial charge on any atom is -0.348 e. The molecule has 1 saturated heterocycles. The first kappa shape index (κ1) is 17.5. The summed E-state index contributed by atoms with van der Waals surface area (Å²) in [4.78, 5) is 12.5. The molecule has 2 N–H and O–H groups in total. The fourth-order valence-corrected chi connectivity index (χ4v) is 2.90. The van der Waals surface area contributed by atoms with Gasteiger partial charge in [0.05, 0.1) is 5.69 Å². The van der Waals surface area contributed by atoms with Gasteiger partial charge in [0.25, 0.3) is 5.91 Å². The minimum absolute atomic E-state index is 0.0337. The van der Waals surface area contributed by atoms with Crippen molar-refractivity contribution < 1.29 is 18.0 Å². The van der Waals surface area contributed by atoms with E-state index in [0.717, 1.165) is 30.1 Å². The summed E-state index contributed by atoms with van der Waals surface area (Å²) in [6.45, 7) is 2.95. The quantitative estimate of drug-likeness (QED) is 0.893. The average molecular weight is 352 g/mol. The van der Waals surface area contributed by atoms with Gasteiger partial charge in [-0.05, 0) is 50.6 Å². The van der Waals surface area contributed by atoms with Gasteiger partial charge in [-0.1, -0.05) is 6.07 Å². The highest BCUT2D eigenvalue weighted by atomic mass is 19.4. The van der Waals surface area contributed by atoms with E-state index >= 15 is 0 Å². The molecule has 0 aliphatic carbocycles. The lowest BCUT2D eigenvalue weighted by Gasteiger charge is -2.30. The van der Waals surface area contributed by atoms with Gasteiger partial charge in [-0.15, -0.1) is 0 Å². The summed E-state index contributed by atoms with van der Waals surface area (Å²) in [5.74, 6) is -0.245. The predicted octanol–water partition coefficient (Wildman–Crippen LogP) is 2.76. The normalized spacial score (nSPS) is 21.1. The highest BCUT2D eigenvalue weighted by Crippen LogP contribution is 2.28. The zero-order valence-corrected chi connectivity index (χ0v) is 13.7. The van der Waals surface area contributed by atoms with Crippen LogP contribution in [0.15, 0.2) is 36.5 Å². The third kappa shape index (κ3) is 4.01. The Bertz CT molecular complexity index is 756. The second-order valence-corrected chi connectivity index (χ2v) is 6.16. The molecule has 1 aromatic carbocycles. The summed E-state index contributed by atoms with van der Waals surface area (Å²) in [7, 11) is 0. The Labute approximate surface area is 143 Å². The number of benzene rings is 1. The number of hydrogen-bond donors (Lipinski definition) is 2. The molecule has 3 rings (SSSR count). The second kappa shape index (κ2) is 6.87. The molecule has 2 atom stereocenters. The number of halogens is 3. The van der Waals surface area contributed by atoms with E-state index in [1.165, 1.54) is 12.3 Å². The molecule has 1 fully saturated rings. The number of alkyl halides is 3. The van der Waals surface area contributed by atoms with Crippen molar-refractivity contribution in [2.24, 2.45) is 0 Å². The lowest BCUT2D eigenvalue weighted by molar-refractivity contribution is -0.141. The van der Waals surface area contributed by atoms with E-state index < -0.39 is 11.9 Å². The first-order chi connectivity index (χ1) is 11.8. The van der Waals surface area contributed by atoms with Gasteiger partial charge in [-0.25, -0.2) is 4.68 Å². The lowest BCUT2D eigenvalue weighted by atomic mass is 9.99. The smallest absolute Gasteiger partial charge is 0.348 e. The fraction of sp³-hybridized carbons (Fsp3) is 0.412. The molecule has 25 heavy (non-hydrogen) atoms. The Balaban J connectivity index is 1.77. The van der Waals surface area contributed by atoms with Crippen LogP contribution >= 0.6 is 0 Å². The minimum atomic E-state index is -4.50. The van der Waals surface area contributed by atoms with Crippen LogP contribution in [0.3, 0.4) is 0 Å². The summed E-state index contributed by atoms with van der Waals surface area (Å²) in [6, 6.07) is 7.52. The third-order valence-corrected chi connectivity index (χ3v) is 4.33. The number of rotatable bonds is 3. The van der Waals surface area contributed by atoms with Crippen LogP contribution in [0.4, 0.5) is 13.2 Å². The maximum absolute atomic E-state index is 12.7. The lowest BCUT2D eigenvalue weighted by Crippen LogP contribution is -2.51. The predicted molar refractivity (Wildman–Crippen MR) is 86.5 cm³/mol. The van der Waals surface area contributed by atoms with Crippen molar-refractivity contribution in [1.29, 1.82) is 0 Å². The van der Waals surface area contributed by atoms with Crippen molar-refractivity contribution in [1.82, 2.24) is 20.4 Å². The van der Waals surface area contributed by atoms with Gasteiger partial charge >= 0.3 is 6.18 Å². The second-order valence-electron chi connectivity index (χ2n) is 6.16. The highest BCUT2D eigenvalue weighted by molar-refractivity contribution is 5.95. The molecule has 0 saturated carbocycles. The van der Waals surface area contributed by atoms with Gasteiger partial charge in [-0.3, -0.25) is 4.79 Å². The molecule has 2 aromatic rings. The van der Waals surface area contributed by atoms with E-state index in [4.69, 9.17) is 0 Å². The Kier molecular flexibility index (Phi) is 4.80. The fourth-order valence-electron chi connectivity index (χ4n) is 2.90. The molecule has 0 spiro atoms. The zero-order valence-electron chi connectivity index (χ0n) is 13.7. The number of hydrogen-bond acceptors (Lipinski definition) is 3. The van der Waals surface area contributed by atoms with Crippen LogP contribution in [-0.2, 0) is 6.18 Å². The molecule has 5 nitrogen and oxygen atoms in total. The summed E-state index contributed by atoms with van der Waals surface area (Å²) in [5, 5.41) is 9.82. The molecule has 1 aliphatic rings. The zero-order chi connectivity index (χ0) is 18.0. The Morgan fingerprint density at radius 1 is 1.36 bits per heavy atom. The summed E-state index contributed by atoms with van der Waals surface area (Å²) >= 11 is 0. The van der Waals surface area contributed by atoms with Gasteiger partial charge in [0.2, 0.25) is 0 Å². The highest BCUT2D eigenvalue weighted by Gasteiger charge is 2.33. The van der Waals surface area contributed by atoms with Crippen LogP contribution in [0.2, 0.25) is 0 Å². The first-order valence-electron chi connectivity index (χ1n) is 8.12. The number of nitrogens with zero attached hydrogens (tertiary/aromatic N) is 2. The molecule has 8 heteroatoms. The number of carbonyl (C=O) groups is 1. The molecular weight excluding hydrogens is 333 g/mol. The van der Waals surface area contributed by atoms with Crippen LogP contribution in [-0.4, -0.2) is 34.3 Å². The van der Waals surface area contributed by atoms with Crippen molar-refractivity contribution in [2.75, 3.05) is 6.54 Å². The molecule has 1 aromatic heterocycles. The van der Waals surface area contributed by atoms with Gasteiger partial charge < -0.3 is 10.6 Å². The Hall–Kier alpha value is -2.35.